The number of likely N-dealkylation sites (N-methyl/N-ethyl adjacent to an activating group) is 1. The van der Waals surface area contributed by atoms with Gasteiger partial charge >= 0.3 is 0 Å². The summed E-state index contributed by atoms with van der Waals surface area (Å²) in [5.74, 6) is 0.729. The molecule has 2 atom stereocenters. The van der Waals surface area contributed by atoms with Crippen molar-refractivity contribution in [3.05, 3.63) is 42.2 Å². The molecule has 0 saturated carbocycles. The zero-order valence-electron chi connectivity index (χ0n) is 15.7. The molecule has 1 aromatic heterocycles. The van der Waals surface area contributed by atoms with Crippen LogP contribution in [0.4, 0.5) is 5.95 Å². The molecule has 2 aromatic rings. The van der Waals surface area contributed by atoms with E-state index < -0.39 is 0 Å². The van der Waals surface area contributed by atoms with Crippen LogP contribution in [0.25, 0.3) is 11.1 Å². The fourth-order valence-corrected chi connectivity index (χ4v) is 3.56. The molecule has 1 saturated heterocycles. The number of rotatable bonds is 5. The molecule has 1 aliphatic heterocycles. The number of hydrogen-bond acceptors (Lipinski definition) is 5. The van der Waals surface area contributed by atoms with E-state index in [1.807, 2.05) is 30.6 Å². The van der Waals surface area contributed by atoms with Crippen molar-refractivity contribution in [3.8, 4) is 11.1 Å². The minimum absolute atomic E-state index is 0.0266. The first-order chi connectivity index (χ1) is 12.5. The number of nitrogens with zero attached hydrogens (tertiary/aromatic N) is 4. The van der Waals surface area contributed by atoms with E-state index in [-0.39, 0.29) is 12.5 Å². The van der Waals surface area contributed by atoms with E-state index >= 15 is 0 Å². The minimum Gasteiger partial charge on any atom is -0.340 e. The van der Waals surface area contributed by atoms with Gasteiger partial charge in [-0.25, -0.2) is 9.97 Å². The summed E-state index contributed by atoms with van der Waals surface area (Å²) in [5.41, 5.74) is 8.50. The van der Waals surface area contributed by atoms with Crippen LogP contribution in [0, 0.1) is 0 Å². The number of aromatic nitrogens is 2. The maximum Gasteiger partial charge on any atom is 0.236 e. The SMILES string of the molecule is CC1CCC(C)N1c1ncc(-c2cccc(CN(C)C(=O)CN)c2)cn1. The van der Waals surface area contributed by atoms with E-state index in [4.69, 9.17) is 5.73 Å². The molecule has 2 unspecified atom stereocenters. The van der Waals surface area contributed by atoms with Crippen molar-refractivity contribution >= 4 is 11.9 Å². The molecule has 6 nitrogen and oxygen atoms in total. The second-order valence-electron chi connectivity index (χ2n) is 7.11. The zero-order chi connectivity index (χ0) is 18.7. The van der Waals surface area contributed by atoms with E-state index in [0.717, 1.165) is 22.6 Å². The highest BCUT2D eigenvalue weighted by Crippen LogP contribution is 2.28. The van der Waals surface area contributed by atoms with Gasteiger partial charge in [-0.1, -0.05) is 18.2 Å². The molecular formula is C20H27N5O. The van der Waals surface area contributed by atoms with E-state index in [0.29, 0.717) is 18.6 Å². The largest absolute Gasteiger partial charge is 0.340 e. The molecule has 2 N–H and O–H groups in total. The van der Waals surface area contributed by atoms with Crippen LogP contribution in [0.15, 0.2) is 36.7 Å². The molecule has 0 spiro atoms. The fourth-order valence-electron chi connectivity index (χ4n) is 3.56. The standard InChI is InChI=1S/C20H27N5O/c1-14-7-8-15(2)25(14)20-22-11-18(12-23-20)17-6-4-5-16(9-17)13-24(3)19(26)10-21/h4-6,9,11-12,14-15H,7-8,10,13,21H2,1-3H3. The lowest BCUT2D eigenvalue weighted by Gasteiger charge is -2.26. The van der Waals surface area contributed by atoms with Gasteiger partial charge in [-0.3, -0.25) is 4.79 Å². The van der Waals surface area contributed by atoms with Crippen molar-refractivity contribution in [3.63, 3.8) is 0 Å². The molecule has 26 heavy (non-hydrogen) atoms. The summed E-state index contributed by atoms with van der Waals surface area (Å²) >= 11 is 0. The van der Waals surface area contributed by atoms with Crippen LogP contribution in [-0.2, 0) is 11.3 Å². The highest BCUT2D eigenvalue weighted by molar-refractivity contribution is 5.77. The lowest BCUT2D eigenvalue weighted by atomic mass is 10.1. The predicted octanol–water partition coefficient (Wildman–Crippen LogP) is 2.44. The normalized spacial score (nSPS) is 19.6. The summed E-state index contributed by atoms with van der Waals surface area (Å²) in [7, 11) is 1.76. The lowest BCUT2D eigenvalue weighted by molar-refractivity contribution is -0.128. The summed E-state index contributed by atoms with van der Waals surface area (Å²) in [6, 6.07) is 9.06. The van der Waals surface area contributed by atoms with Gasteiger partial charge < -0.3 is 15.5 Å². The maximum atomic E-state index is 11.7. The van der Waals surface area contributed by atoms with Gasteiger partial charge in [-0.2, -0.15) is 0 Å². The van der Waals surface area contributed by atoms with Gasteiger partial charge in [0, 0.05) is 43.6 Å². The van der Waals surface area contributed by atoms with Gasteiger partial charge in [0.15, 0.2) is 0 Å². The topological polar surface area (TPSA) is 75.4 Å². The Balaban J connectivity index is 1.77. The van der Waals surface area contributed by atoms with Crippen molar-refractivity contribution in [2.75, 3.05) is 18.5 Å². The third-order valence-electron chi connectivity index (χ3n) is 5.10. The molecule has 3 rings (SSSR count). The predicted molar refractivity (Wildman–Crippen MR) is 104 cm³/mol. The number of anilines is 1. The molecule has 1 aromatic carbocycles. The van der Waals surface area contributed by atoms with Gasteiger partial charge in [0.05, 0.1) is 6.54 Å². The highest BCUT2D eigenvalue weighted by Gasteiger charge is 2.29. The average molecular weight is 353 g/mol. The summed E-state index contributed by atoms with van der Waals surface area (Å²) in [6.45, 7) is 5.01. The van der Waals surface area contributed by atoms with Gasteiger partial charge in [-0.15, -0.1) is 0 Å². The first-order valence-corrected chi connectivity index (χ1v) is 9.13. The van der Waals surface area contributed by atoms with Crippen LogP contribution in [0.2, 0.25) is 0 Å². The molecule has 2 heterocycles. The summed E-state index contributed by atoms with van der Waals surface area (Å²) in [5, 5.41) is 0. The number of benzene rings is 1. The second kappa shape index (κ2) is 7.83. The number of carbonyl (C=O) groups is 1. The first-order valence-electron chi connectivity index (χ1n) is 9.13. The van der Waals surface area contributed by atoms with Crippen molar-refractivity contribution in [2.24, 2.45) is 5.73 Å². The van der Waals surface area contributed by atoms with E-state index in [9.17, 15) is 4.79 Å². The summed E-state index contributed by atoms with van der Waals surface area (Å²) in [6.07, 6.45) is 6.13. The Kier molecular flexibility index (Phi) is 5.52. The van der Waals surface area contributed by atoms with Gasteiger partial charge in [0.25, 0.3) is 0 Å². The summed E-state index contributed by atoms with van der Waals surface area (Å²) in [4.78, 5) is 24.8. The van der Waals surface area contributed by atoms with Gasteiger partial charge in [0.2, 0.25) is 11.9 Å². The van der Waals surface area contributed by atoms with E-state index in [1.54, 1.807) is 11.9 Å². The van der Waals surface area contributed by atoms with Gasteiger partial charge in [-0.05, 0) is 43.9 Å². The third kappa shape index (κ3) is 3.85. The van der Waals surface area contributed by atoms with Crippen LogP contribution in [0.3, 0.4) is 0 Å². The molecule has 1 fully saturated rings. The molecule has 0 bridgehead atoms. The number of hydrogen-bond donors (Lipinski definition) is 1. The van der Waals surface area contributed by atoms with Crippen LogP contribution >= 0.6 is 0 Å². The van der Waals surface area contributed by atoms with Crippen molar-refractivity contribution in [1.82, 2.24) is 14.9 Å². The van der Waals surface area contributed by atoms with Crippen molar-refractivity contribution in [2.45, 2.75) is 45.3 Å². The molecule has 138 valence electrons. The van der Waals surface area contributed by atoms with Crippen LogP contribution < -0.4 is 10.6 Å². The molecule has 0 radical (unpaired) electrons. The van der Waals surface area contributed by atoms with Crippen LogP contribution in [0.5, 0.6) is 0 Å². The monoisotopic (exact) mass is 353 g/mol. The second-order valence-corrected chi connectivity index (χ2v) is 7.11. The zero-order valence-corrected chi connectivity index (χ0v) is 15.7. The smallest absolute Gasteiger partial charge is 0.236 e. The van der Waals surface area contributed by atoms with Crippen LogP contribution in [0.1, 0.15) is 32.3 Å². The number of carbonyl (C=O) groups excluding carboxylic acids is 1. The number of amides is 1. The highest BCUT2D eigenvalue weighted by atomic mass is 16.2. The Bertz CT molecular complexity index is 751. The van der Waals surface area contributed by atoms with Crippen LogP contribution in [-0.4, -0.2) is 46.5 Å². The molecule has 0 aliphatic carbocycles. The summed E-state index contributed by atoms with van der Waals surface area (Å²) < 4.78 is 0. The Morgan fingerprint density at radius 1 is 1.19 bits per heavy atom. The first kappa shape index (κ1) is 18.3. The Hall–Kier alpha value is -2.47. The van der Waals surface area contributed by atoms with Crippen molar-refractivity contribution < 1.29 is 4.79 Å². The quantitative estimate of drug-likeness (QED) is 0.893. The Morgan fingerprint density at radius 2 is 1.85 bits per heavy atom. The third-order valence-corrected chi connectivity index (χ3v) is 5.10. The van der Waals surface area contributed by atoms with E-state index in [1.165, 1.54) is 12.8 Å². The minimum atomic E-state index is -0.0723. The number of nitrogens with two attached hydrogens (primary N) is 1. The molecule has 1 aliphatic rings. The average Bonchev–Trinajstić information content (AvgIpc) is 2.99. The lowest BCUT2D eigenvalue weighted by Crippen LogP contribution is -2.34. The fraction of sp³-hybridized carbons (Fsp3) is 0.450. The van der Waals surface area contributed by atoms with Gasteiger partial charge in [0.1, 0.15) is 0 Å². The van der Waals surface area contributed by atoms with Crippen molar-refractivity contribution in [1.29, 1.82) is 0 Å². The molecular weight excluding hydrogens is 326 g/mol. The van der Waals surface area contributed by atoms with E-state index in [2.05, 4.69) is 34.8 Å². The maximum absolute atomic E-state index is 11.7. The molecule has 6 heteroatoms. The Labute approximate surface area is 155 Å². The Morgan fingerprint density at radius 3 is 2.46 bits per heavy atom. The molecule has 1 amide bonds.